The van der Waals surface area contributed by atoms with Crippen molar-refractivity contribution in [2.24, 2.45) is 5.92 Å². The summed E-state index contributed by atoms with van der Waals surface area (Å²) in [5.41, 5.74) is 1.21. The van der Waals surface area contributed by atoms with Crippen LogP contribution in [0.5, 0.6) is 0 Å². The summed E-state index contributed by atoms with van der Waals surface area (Å²) in [4.78, 5) is 9.47. The molecule has 1 heterocycles. The Morgan fingerprint density at radius 3 is 2.65 bits per heavy atom. The summed E-state index contributed by atoms with van der Waals surface area (Å²) >= 11 is 1.76. The van der Waals surface area contributed by atoms with E-state index in [0.717, 1.165) is 39.3 Å². The Balaban J connectivity index is 2.52. The summed E-state index contributed by atoms with van der Waals surface area (Å²) < 4.78 is 0. The number of hydrogen-bond donors (Lipinski definition) is 1. The average Bonchev–Trinajstić information content (AvgIpc) is 2.80. The zero-order chi connectivity index (χ0) is 15.0. The van der Waals surface area contributed by atoms with Crippen molar-refractivity contribution in [2.45, 2.75) is 33.9 Å². The lowest BCUT2D eigenvalue weighted by molar-refractivity contribution is 0.210. The monoisotopic (exact) mass is 298 g/mol. The van der Waals surface area contributed by atoms with Crippen LogP contribution in [0.3, 0.4) is 0 Å². The molecule has 1 N–H and O–H groups in total. The minimum absolute atomic E-state index is 0.692. The topological polar surface area (TPSA) is 31.4 Å². The number of thiazole rings is 1. The van der Waals surface area contributed by atoms with E-state index in [1.807, 2.05) is 0 Å². The maximum absolute atomic E-state index is 4.72. The number of nitrogens with one attached hydrogen (secondary N) is 1. The first-order valence-corrected chi connectivity index (χ1v) is 8.40. The summed E-state index contributed by atoms with van der Waals surface area (Å²) in [5, 5.41) is 6.73. The van der Waals surface area contributed by atoms with Crippen LogP contribution >= 0.6 is 11.3 Å². The summed E-state index contributed by atoms with van der Waals surface area (Å²) in [5.74, 6) is 0.692. The molecule has 0 fully saturated rings. The van der Waals surface area contributed by atoms with Gasteiger partial charge in [0, 0.05) is 38.1 Å². The predicted octanol–water partition coefficient (Wildman–Crippen LogP) is 2.27. The molecule has 0 saturated carbocycles. The highest BCUT2D eigenvalue weighted by Crippen LogP contribution is 2.12. The fourth-order valence-electron chi connectivity index (χ4n) is 2.06. The second-order valence-corrected chi connectivity index (χ2v) is 6.89. The molecule has 0 bridgehead atoms. The van der Waals surface area contributed by atoms with Crippen LogP contribution in [0.2, 0.25) is 0 Å². The van der Waals surface area contributed by atoms with Crippen LogP contribution in [-0.2, 0) is 13.1 Å². The molecular weight excluding hydrogens is 268 g/mol. The van der Waals surface area contributed by atoms with Crippen LogP contribution < -0.4 is 5.32 Å². The fraction of sp³-hybridized carbons (Fsp3) is 0.800. The fourth-order valence-corrected chi connectivity index (χ4v) is 2.81. The maximum atomic E-state index is 4.72. The van der Waals surface area contributed by atoms with Crippen LogP contribution in [0.15, 0.2) is 5.38 Å². The summed E-state index contributed by atoms with van der Waals surface area (Å²) in [6.45, 7) is 12.9. The van der Waals surface area contributed by atoms with E-state index >= 15 is 0 Å². The van der Waals surface area contributed by atoms with Crippen LogP contribution in [0.25, 0.3) is 0 Å². The largest absolute Gasteiger partial charge is 0.311 e. The van der Waals surface area contributed by atoms with Gasteiger partial charge in [0.1, 0.15) is 5.01 Å². The third-order valence-corrected chi connectivity index (χ3v) is 3.90. The second kappa shape index (κ2) is 9.45. The SMILES string of the molecule is CCNCc1nc(CN(CCN(C)C)CC(C)C)cs1. The van der Waals surface area contributed by atoms with Gasteiger partial charge in [-0.15, -0.1) is 11.3 Å². The normalized spacial score (nSPS) is 12.0. The lowest BCUT2D eigenvalue weighted by atomic mass is 10.2. The van der Waals surface area contributed by atoms with E-state index < -0.39 is 0 Å². The maximum Gasteiger partial charge on any atom is 0.107 e. The Morgan fingerprint density at radius 2 is 2.05 bits per heavy atom. The lowest BCUT2D eigenvalue weighted by Crippen LogP contribution is -2.34. The van der Waals surface area contributed by atoms with E-state index in [1.54, 1.807) is 11.3 Å². The molecule has 0 saturated heterocycles. The van der Waals surface area contributed by atoms with Crippen molar-refractivity contribution in [3.63, 3.8) is 0 Å². The van der Waals surface area contributed by atoms with Crippen molar-refractivity contribution in [1.82, 2.24) is 20.1 Å². The van der Waals surface area contributed by atoms with E-state index in [2.05, 4.69) is 55.4 Å². The number of likely N-dealkylation sites (N-methyl/N-ethyl adjacent to an activating group) is 1. The Bertz CT molecular complexity index is 363. The van der Waals surface area contributed by atoms with Gasteiger partial charge in [0.25, 0.3) is 0 Å². The third kappa shape index (κ3) is 7.33. The lowest BCUT2D eigenvalue weighted by Gasteiger charge is -2.25. The minimum atomic E-state index is 0.692. The van der Waals surface area contributed by atoms with Gasteiger partial charge in [0.05, 0.1) is 5.69 Å². The number of aromatic nitrogens is 1. The molecule has 0 spiro atoms. The zero-order valence-electron chi connectivity index (χ0n) is 13.6. The number of rotatable bonds is 10. The molecule has 20 heavy (non-hydrogen) atoms. The van der Waals surface area contributed by atoms with Crippen molar-refractivity contribution in [2.75, 3.05) is 40.3 Å². The van der Waals surface area contributed by atoms with Gasteiger partial charge in [-0.25, -0.2) is 4.98 Å². The predicted molar refractivity (Wildman–Crippen MR) is 88.2 cm³/mol. The molecule has 0 aliphatic rings. The van der Waals surface area contributed by atoms with Crippen molar-refractivity contribution in [3.8, 4) is 0 Å². The average molecular weight is 298 g/mol. The molecule has 0 aliphatic heterocycles. The minimum Gasteiger partial charge on any atom is -0.311 e. The first-order valence-electron chi connectivity index (χ1n) is 7.52. The van der Waals surface area contributed by atoms with Gasteiger partial charge >= 0.3 is 0 Å². The summed E-state index contributed by atoms with van der Waals surface area (Å²) in [6, 6.07) is 0. The molecule has 1 aromatic rings. The molecule has 1 aromatic heterocycles. The van der Waals surface area contributed by atoms with Crippen molar-refractivity contribution in [1.29, 1.82) is 0 Å². The van der Waals surface area contributed by atoms with E-state index in [-0.39, 0.29) is 0 Å². The highest BCUT2D eigenvalue weighted by Gasteiger charge is 2.11. The Hall–Kier alpha value is -0.490. The Kier molecular flexibility index (Phi) is 8.30. The van der Waals surface area contributed by atoms with E-state index in [4.69, 9.17) is 4.98 Å². The molecule has 0 amide bonds. The number of hydrogen-bond acceptors (Lipinski definition) is 5. The molecule has 0 radical (unpaired) electrons. The Labute approximate surface area is 128 Å². The molecule has 0 atom stereocenters. The molecular formula is C15H30N4S. The quantitative estimate of drug-likeness (QED) is 0.718. The third-order valence-electron chi connectivity index (χ3n) is 3.00. The van der Waals surface area contributed by atoms with Gasteiger partial charge in [0.2, 0.25) is 0 Å². The second-order valence-electron chi connectivity index (χ2n) is 5.95. The van der Waals surface area contributed by atoms with Crippen LogP contribution in [0.1, 0.15) is 31.5 Å². The molecule has 4 nitrogen and oxygen atoms in total. The van der Waals surface area contributed by atoms with E-state index in [9.17, 15) is 0 Å². The molecule has 0 unspecified atom stereocenters. The molecule has 5 heteroatoms. The molecule has 116 valence electrons. The zero-order valence-corrected chi connectivity index (χ0v) is 14.5. The standard InChI is InChI=1S/C15H30N4S/c1-6-16-9-15-17-14(12-20-15)11-19(10-13(2)3)8-7-18(4)5/h12-13,16H,6-11H2,1-5H3. The van der Waals surface area contributed by atoms with Crippen LogP contribution in [0, 0.1) is 5.92 Å². The van der Waals surface area contributed by atoms with Crippen LogP contribution in [-0.4, -0.2) is 55.1 Å². The molecule has 0 aliphatic carbocycles. The van der Waals surface area contributed by atoms with Crippen molar-refractivity contribution in [3.05, 3.63) is 16.1 Å². The van der Waals surface area contributed by atoms with Gasteiger partial charge in [-0.2, -0.15) is 0 Å². The Morgan fingerprint density at radius 1 is 1.30 bits per heavy atom. The van der Waals surface area contributed by atoms with Gasteiger partial charge in [0.15, 0.2) is 0 Å². The van der Waals surface area contributed by atoms with Gasteiger partial charge in [-0.1, -0.05) is 20.8 Å². The number of nitrogens with zero attached hydrogens (tertiary/aromatic N) is 3. The van der Waals surface area contributed by atoms with Gasteiger partial charge in [-0.05, 0) is 26.6 Å². The van der Waals surface area contributed by atoms with E-state index in [0.29, 0.717) is 5.92 Å². The van der Waals surface area contributed by atoms with Gasteiger partial charge < -0.3 is 10.2 Å². The van der Waals surface area contributed by atoms with Crippen LogP contribution in [0.4, 0.5) is 0 Å². The van der Waals surface area contributed by atoms with E-state index in [1.165, 1.54) is 10.7 Å². The summed E-state index contributed by atoms with van der Waals surface area (Å²) in [7, 11) is 4.26. The van der Waals surface area contributed by atoms with Crippen molar-refractivity contribution >= 4 is 11.3 Å². The smallest absolute Gasteiger partial charge is 0.107 e. The highest BCUT2D eigenvalue weighted by atomic mass is 32.1. The molecule has 1 rings (SSSR count). The van der Waals surface area contributed by atoms with Gasteiger partial charge in [-0.3, -0.25) is 4.90 Å². The highest BCUT2D eigenvalue weighted by molar-refractivity contribution is 7.09. The first kappa shape index (κ1) is 17.6. The van der Waals surface area contributed by atoms with Crippen molar-refractivity contribution < 1.29 is 0 Å². The first-order chi connectivity index (χ1) is 9.51. The summed E-state index contributed by atoms with van der Waals surface area (Å²) in [6.07, 6.45) is 0. The molecule has 0 aromatic carbocycles.